The molecule has 0 spiro atoms. The van der Waals surface area contributed by atoms with Gasteiger partial charge in [-0.1, -0.05) is 0 Å². The van der Waals surface area contributed by atoms with Crippen molar-refractivity contribution in [3.05, 3.63) is 10.3 Å². The van der Waals surface area contributed by atoms with Crippen molar-refractivity contribution in [2.75, 3.05) is 32.1 Å². The molecule has 0 aromatic carbocycles. The molecule has 2 aliphatic rings. The molecule has 0 N–H and O–H groups in total. The maximum Gasteiger partial charge on any atom is 0.240 e. The van der Waals surface area contributed by atoms with E-state index in [9.17, 15) is 16.8 Å². The first-order valence-corrected chi connectivity index (χ1v) is 8.09. The van der Waals surface area contributed by atoms with E-state index in [0.29, 0.717) is 26.3 Å². The summed E-state index contributed by atoms with van der Waals surface area (Å²) in [5.41, 5.74) is 0. The number of nitrogens with zero attached hydrogens (tertiary/aromatic N) is 1. The summed E-state index contributed by atoms with van der Waals surface area (Å²) < 4.78 is 52.7. The van der Waals surface area contributed by atoms with Crippen LogP contribution < -0.4 is 0 Å². The second kappa shape index (κ2) is 4.10. The summed E-state index contributed by atoms with van der Waals surface area (Å²) in [7, 11) is -6.91. The minimum atomic E-state index is -3.60. The van der Waals surface area contributed by atoms with E-state index >= 15 is 0 Å². The molecule has 2 heterocycles. The van der Waals surface area contributed by atoms with Crippen LogP contribution in [0.25, 0.3) is 0 Å². The molecular formula is C8H13NO5S2. The third-order valence-electron chi connectivity index (χ3n) is 2.59. The Morgan fingerprint density at radius 2 is 1.88 bits per heavy atom. The van der Waals surface area contributed by atoms with E-state index in [4.69, 9.17) is 4.74 Å². The number of rotatable bonds is 2. The van der Waals surface area contributed by atoms with E-state index in [1.165, 1.54) is 4.31 Å². The second-order valence-corrected chi connectivity index (χ2v) is 7.68. The summed E-state index contributed by atoms with van der Waals surface area (Å²) in [5.74, 6) is -0.105. The zero-order valence-electron chi connectivity index (χ0n) is 8.62. The first-order valence-electron chi connectivity index (χ1n) is 4.93. The molecule has 1 fully saturated rings. The van der Waals surface area contributed by atoms with Crippen molar-refractivity contribution in [3.63, 3.8) is 0 Å². The van der Waals surface area contributed by atoms with E-state index in [-0.39, 0.29) is 17.1 Å². The normalized spacial score (nSPS) is 26.6. The van der Waals surface area contributed by atoms with Gasteiger partial charge in [-0.05, 0) is 6.42 Å². The second-order valence-electron chi connectivity index (χ2n) is 3.72. The Balaban J connectivity index is 2.26. The van der Waals surface area contributed by atoms with Gasteiger partial charge in [0.2, 0.25) is 10.0 Å². The first kappa shape index (κ1) is 12.0. The Labute approximate surface area is 94.9 Å². The third-order valence-corrected chi connectivity index (χ3v) is 6.18. The molecule has 2 aliphatic heterocycles. The monoisotopic (exact) mass is 267 g/mol. The molecule has 0 atom stereocenters. The highest BCUT2D eigenvalue weighted by molar-refractivity contribution is 7.98. The summed E-state index contributed by atoms with van der Waals surface area (Å²) in [5, 5.41) is 0.887. The third kappa shape index (κ3) is 2.29. The molecule has 0 bridgehead atoms. The Hall–Kier alpha value is -0.440. The molecule has 0 amide bonds. The fraction of sp³-hybridized carbons (Fsp3) is 0.750. The van der Waals surface area contributed by atoms with Crippen LogP contribution in [0.15, 0.2) is 10.3 Å². The van der Waals surface area contributed by atoms with Crippen molar-refractivity contribution in [1.29, 1.82) is 0 Å². The van der Waals surface area contributed by atoms with Gasteiger partial charge in [-0.3, -0.25) is 0 Å². The van der Waals surface area contributed by atoms with Crippen LogP contribution in [0.4, 0.5) is 0 Å². The Morgan fingerprint density at radius 3 is 2.38 bits per heavy atom. The summed E-state index contributed by atoms with van der Waals surface area (Å²) in [4.78, 5) is 0.00870. The molecule has 8 heteroatoms. The van der Waals surface area contributed by atoms with Gasteiger partial charge in [-0.25, -0.2) is 16.8 Å². The molecule has 0 saturated carbocycles. The molecular weight excluding hydrogens is 254 g/mol. The molecule has 16 heavy (non-hydrogen) atoms. The number of allylic oxidation sites excluding steroid dienone is 1. The fourth-order valence-electron chi connectivity index (χ4n) is 1.70. The molecule has 0 radical (unpaired) electrons. The molecule has 1 saturated heterocycles. The van der Waals surface area contributed by atoms with Gasteiger partial charge in [-0.15, -0.1) is 0 Å². The lowest BCUT2D eigenvalue weighted by Gasteiger charge is -2.26. The highest BCUT2D eigenvalue weighted by atomic mass is 32.2. The van der Waals surface area contributed by atoms with Gasteiger partial charge in [-0.2, -0.15) is 4.31 Å². The maximum atomic E-state index is 12.0. The van der Waals surface area contributed by atoms with Gasteiger partial charge in [0.05, 0.1) is 23.9 Å². The zero-order chi connectivity index (χ0) is 11.8. The van der Waals surface area contributed by atoms with Crippen molar-refractivity contribution in [2.45, 2.75) is 6.42 Å². The molecule has 6 nitrogen and oxygen atoms in total. The quantitative estimate of drug-likeness (QED) is 0.661. The van der Waals surface area contributed by atoms with Crippen molar-refractivity contribution >= 4 is 19.9 Å². The Kier molecular flexibility index (Phi) is 3.08. The van der Waals surface area contributed by atoms with Crippen LogP contribution in [0.1, 0.15) is 6.42 Å². The van der Waals surface area contributed by atoms with Crippen LogP contribution in [0.3, 0.4) is 0 Å². The minimum Gasteiger partial charge on any atom is -0.379 e. The van der Waals surface area contributed by atoms with Gasteiger partial charge in [0, 0.05) is 18.5 Å². The van der Waals surface area contributed by atoms with Gasteiger partial charge >= 0.3 is 0 Å². The topological polar surface area (TPSA) is 80.8 Å². The van der Waals surface area contributed by atoms with Crippen LogP contribution in [-0.2, 0) is 24.6 Å². The van der Waals surface area contributed by atoms with E-state index in [1.807, 2.05) is 0 Å². The highest BCUT2D eigenvalue weighted by Gasteiger charge is 2.33. The number of hydrogen-bond donors (Lipinski definition) is 0. The molecule has 0 aromatic heterocycles. The lowest BCUT2D eigenvalue weighted by Crippen LogP contribution is -2.41. The van der Waals surface area contributed by atoms with Gasteiger partial charge in [0.15, 0.2) is 9.84 Å². The minimum absolute atomic E-state index is 0.00870. The molecule has 92 valence electrons. The fourth-order valence-corrected chi connectivity index (χ4v) is 5.22. The van der Waals surface area contributed by atoms with Crippen molar-refractivity contribution in [3.8, 4) is 0 Å². The van der Waals surface area contributed by atoms with Gasteiger partial charge in [0.1, 0.15) is 0 Å². The van der Waals surface area contributed by atoms with Crippen LogP contribution in [-0.4, -0.2) is 53.2 Å². The number of morpholine rings is 1. The van der Waals surface area contributed by atoms with Crippen LogP contribution >= 0.6 is 0 Å². The summed E-state index contributed by atoms with van der Waals surface area (Å²) >= 11 is 0. The predicted molar refractivity (Wildman–Crippen MR) is 57.8 cm³/mol. The van der Waals surface area contributed by atoms with Crippen LogP contribution in [0, 0.1) is 0 Å². The van der Waals surface area contributed by atoms with Crippen LogP contribution in [0.5, 0.6) is 0 Å². The van der Waals surface area contributed by atoms with Gasteiger partial charge in [0.25, 0.3) is 0 Å². The lowest BCUT2D eigenvalue weighted by atomic mass is 10.5. The largest absolute Gasteiger partial charge is 0.379 e. The average Bonchev–Trinajstić information content (AvgIpc) is 2.61. The smallest absolute Gasteiger partial charge is 0.240 e. The van der Waals surface area contributed by atoms with E-state index in [0.717, 1.165) is 5.41 Å². The van der Waals surface area contributed by atoms with E-state index in [2.05, 4.69) is 0 Å². The number of sulfonamides is 1. The zero-order valence-corrected chi connectivity index (χ0v) is 10.3. The number of hydrogen-bond acceptors (Lipinski definition) is 5. The van der Waals surface area contributed by atoms with Crippen LogP contribution in [0.2, 0.25) is 0 Å². The van der Waals surface area contributed by atoms with Crippen molar-refractivity contribution < 1.29 is 21.6 Å². The summed E-state index contributed by atoms with van der Waals surface area (Å²) in [6, 6.07) is 0. The maximum absolute atomic E-state index is 12.0. The summed E-state index contributed by atoms with van der Waals surface area (Å²) in [6.45, 7) is 1.30. The first-order chi connectivity index (χ1) is 7.42. The Bertz CT molecular complexity index is 499. The van der Waals surface area contributed by atoms with Crippen molar-refractivity contribution in [2.24, 2.45) is 0 Å². The number of ether oxygens (including phenoxy) is 1. The van der Waals surface area contributed by atoms with Crippen molar-refractivity contribution in [1.82, 2.24) is 4.31 Å². The molecule has 2 rings (SSSR count). The van der Waals surface area contributed by atoms with Gasteiger partial charge < -0.3 is 4.74 Å². The lowest BCUT2D eigenvalue weighted by molar-refractivity contribution is 0.0734. The standard InChI is InChI=1S/C8H13NO5S2/c10-15(11)6-1-8(7-15)16(12,13)9-2-4-14-5-3-9/h7H,1-6H2. The average molecular weight is 267 g/mol. The highest BCUT2D eigenvalue weighted by Crippen LogP contribution is 2.25. The predicted octanol–water partition coefficient (Wildman–Crippen LogP) is -0.692. The summed E-state index contributed by atoms with van der Waals surface area (Å²) in [6.07, 6.45) is 0.0853. The van der Waals surface area contributed by atoms with E-state index in [1.54, 1.807) is 0 Å². The molecule has 0 unspecified atom stereocenters. The molecule has 0 aliphatic carbocycles. The number of sulfone groups is 1. The van der Waals surface area contributed by atoms with E-state index < -0.39 is 19.9 Å². The SMILES string of the molecule is O=S1(=O)C=C(S(=O)(=O)N2CCOCC2)CC1. The Morgan fingerprint density at radius 1 is 1.25 bits per heavy atom. The molecule has 0 aromatic rings.